The molecule has 1 aromatic carbocycles. The van der Waals surface area contributed by atoms with E-state index in [0.29, 0.717) is 0 Å². The number of benzene rings is 1. The number of rotatable bonds is 0. The molecule has 3 rings (SSSR count). The highest BCUT2D eigenvalue weighted by molar-refractivity contribution is 7.07. The topological polar surface area (TPSA) is 28.7 Å². The number of nitrogens with one attached hydrogen (secondary N) is 1. The minimum atomic E-state index is 1.03. The predicted octanol–water partition coefficient (Wildman–Crippen LogP) is 3.31. The van der Waals surface area contributed by atoms with Crippen molar-refractivity contribution >= 4 is 22.4 Å². The molecule has 0 aliphatic carbocycles. The van der Waals surface area contributed by atoms with Crippen LogP contribution >= 0.6 is 11.3 Å². The number of aromatic nitrogens is 2. The largest absolute Gasteiger partial charge is 0.345 e. The number of hydrogen-bond acceptors (Lipinski definition) is 2. The van der Waals surface area contributed by atoms with E-state index < -0.39 is 0 Å². The number of aromatic amines is 1. The lowest BCUT2D eigenvalue weighted by atomic mass is 10.3. The van der Waals surface area contributed by atoms with Crippen molar-refractivity contribution in [3.63, 3.8) is 0 Å². The lowest BCUT2D eigenvalue weighted by molar-refractivity contribution is 1.34. The molecule has 0 saturated carbocycles. The van der Waals surface area contributed by atoms with Gasteiger partial charge in [-0.25, -0.2) is 4.98 Å². The Kier molecular flexibility index (Phi) is 2.93. The van der Waals surface area contributed by atoms with E-state index in [9.17, 15) is 0 Å². The summed E-state index contributed by atoms with van der Waals surface area (Å²) >= 11 is 1.71. The van der Waals surface area contributed by atoms with Gasteiger partial charge < -0.3 is 4.98 Å². The Morgan fingerprint density at radius 3 is 2.43 bits per heavy atom. The summed E-state index contributed by atoms with van der Waals surface area (Å²) in [5, 5.41) is 4.08. The van der Waals surface area contributed by atoms with Gasteiger partial charge in [0.2, 0.25) is 0 Å². The van der Waals surface area contributed by atoms with Crippen molar-refractivity contribution in [2.45, 2.75) is 0 Å². The molecule has 0 unspecified atom stereocenters. The summed E-state index contributed by atoms with van der Waals surface area (Å²) in [5.74, 6) is 0. The van der Waals surface area contributed by atoms with E-state index in [1.165, 1.54) is 0 Å². The molecule has 0 bridgehead atoms. The summed E-state index contributed by atoms with van der Waals surface area (Å²) in [4.78, 5) is 7.07. The van der Waals surface area contributed by atoms with E-state index in [1.54, 1.807) is 17.7 Å². The minimum absolute atomic E-state index is 1.03. The summed E-state index contributed by atoms with van der Waals surface area (Å²) in [5.41, 5.74) is 2.12. The summed E-state index contributed by atoms with van der Waals surface area (Å²) in [6.07, 6.45) is 1.70. The molecule has 2 aromatic heterocycles. The van der Waals surface area contributed by atoms with Gasteiger partial charge in [0.1, 0.15) is 0 Å². The van der Waals surface area contributed by atoms with Crippen LogP contribution in [0.5, 0.6) is 0 Å². The fourth-order valence-electron chi connectivity index (χ4n) is 1.11. The van der Waals surface area contributed by atoms with E-state index in [2.05, 4.69) is 9.97 Å². The second-order valence-corrected chi connectivity index (χ2v) is 3.53. The van der Waals surface area contributed by atoms with Crippen LogP contribution in [0.4, 0.5) is 0 Å². The Morgan fingerprint density at radius 2 is 1.79 bits per heavy atom. The van der Waals surface area contributed by atoms with Crippen molar-refractivity contribution in [3.8, 4) is 0 Å². The molecule has 0 saturated heterocycles. The van der Waals surface area contributed by atoms with Crippen LogP contribution in [0.2, 0.25) is 0 Å². The number of thiophene rings is 1. The molecule has 0 aliphatic heterocycles. The lowest BCUT2D eigenvalue weighted by Crippen LogP contribution is -1.63. The standard InChI is InChI=1S/C7H6N2.C4H4S/c1-2-4-7-6(3-1)8-5-9-7;1-2-4-5-3-1/h1-5H,(H,8,9);1-4H. The van der Waals surface area contributed by atoms with Gasteiger partial charge in [0.15, 0.2) is 0 Å². The maximum Gasteiger partial charge on any atom is 0.0931 e. The lowest BCUT2D eigenvalue weighted by Gasteiger charge is -1.81. The van der Waals surface area contributed by atoms with Gasteiger partial charge in [-0.3, -0.25) is 0 Å². The van der Waals surface area contributed by atoms with Crippen molar-refractivity contribution < 1.29 is 0 Å². The van der Waals surface area contributed by atoms with Crippen LogP contribution in [0, 0.1) is 0 Å². The van der Waals surface area contributed by atoms with Crippen LogP contribution in [0.1, 0.15) is 0 Å². The summed E-state index contributed by atoms with van der Waals surface area (Å²) in [7, 11) is 0. The zero-order valence-electron chi connectivity index (χ0n) is 7.55. The first-order valence-electron chi connectivity index (χ1n) is 4.32. The third-order valence-corrected chi connectivity index (χ3v) is 2.38. The Bertz CT molecular complexity index is 423. The van der Waals surface area contributed by atoms with E-state index in [-0.39, 0.29) is 0 Å². The highest BCUT2D eigenvalue weighted by atomic mass is 32.1. The van der Waals surface area contributed by atoms with Crippen LogP contribution in [-0.4, -0.2) is 9.97 Å². The second-order valence-electron chi connectivity index (χ2n) is 2.71. The van der Waals surface area contributed by atoms with Crippen LogP contribution in [0.15, 0.2) is 53.5 Å². The van der Waals surface area contributed by atoms with Gasteiger partial charge in [0.25, 0.3) is 0 Å². The first-order chi connectivity index (χ1) is 6.97. The maximum absolute atomic E-state index is 4.06. The molecule has 70 valence electrons. The second kappa shape index (κ2) is 4.58. The SMILES string of the molecule is c1ccc2[nH]cnc2c1.c1ccsc1. The number of fused-ring (bicyclic) bond motifs is 1. The van der Waals surface area contributed by atoms with Crippen molar-refractivity contribution in [2.75, 3.05) is 0 Å². The van der Waals surface area contributed by atoms with Crippen molar-refractivity contribution in [2.24, 2.45) is 0 Å². The van der Waals surface area contributed by atoms with Gasteiger partial charge in [-0.05, 0) is 22.9 Å². The van der Waals surface area contributed by atoms with Gasteiger partial charge in [-0.2, -0.15) is 11.3 Å². The quantitative estimate of drug-likeness (QED) is 0.595. The Balaban J connectivity index is 0.000000128. The Labute approximate surface area is 86.2 Å². The monoisotopic (exact) mass is 202 g/mol. The predicted molar refractivity (Wildman–Crippen MR) is 60.4 cm³/mol. The zero-order valence-corrected chi connectivity index (χ0v) is 8.37. The molecule has 0 amide bonds. The van der Waals surface area contributed by atoms with Crippen LogP contribution in [0.3, 0.4) is 0 Å². The molecule has 2 nitrogen and oxygen atoms in total. The third kappa shape index (κ3) is 2.20. The fourth-order valence-corrected chi connectivity index (χ4v) is 1.56. The summed E-state index contributed by atoms with van der Waals surface area (Å²) in [6.45, 7) is 0. The highest BCUT2D eigenvalue weighted by Gasteiger charge is 1.88. The van der Waals surface area contributed by atoms with Gasteiger partial charge in [0, 0.05) is 0 Å². The summed E-state index contributed by atoms with van der Waals surface area (Å²) < 4.78 is 0. The molecule has 0 atom stereocenters. The highest BCUT2D eigenvalue weighted by Crippen LogP contribution is 2.05. The molecular formula is C11H10N2S. The number of imidazole rings is 1. The van der Waals surface area contributed by atoms with Crippen molar-refractivity contribution in [1.29, 1.82) is 0 Å². The third-order valence-electron chi connectivity index (χ3n) is 1.75. The fraction of sp³-hybridized carbons (Fsp3) is 0. The Morgan fingerprint density at radius 1 is 1.00 bits per heavy atom. The average Bonchev–Trinajstić information content (AvgIpc) is 2.92. The molecule has 14 heavy (non-hydrogen) atoms. The molecule has 0 spiro atoms. The number of hydrogen-bond donors (Lipinski definition) is 1. The molecule has 2 heterocycles. The number of para-hydroxylation sites is 2. The number of H-pyrrole nitrogens is 1. The smallest absolute Gasteiger partial charge is 0.0931 e. The van der Waals surface area contributed by atoms with Gasteiger partial charge >= 0.3 is 0 Å². The van der Waals surface area contributed by atoms with Gasteiger partial charge in [0.05, 0.1) is 17.4 Å². The molecule has 0 radical (unpaired) electrons. The molecule has 3 aromatic rings. The first kappa shape index (κ1) is 8.97. The summed E-state index contributed by atoms with van der Waals surface area (Å²) in [6, 6.07) is 12.0. The van der Waals surface area contributed by atoms with Crippen LogP contribution in [0.25, 0.3) is 11.0 Å². The van der Waals surface area contributed by atoms with Crippen LogP contribution in [-0.2, 0) is 0 Å². The number of nitrogens with zero attached hydrogens (tertiary/aromatic N) is 1. The minimum Gasteiger partial charge on any atom is -0.345 e. The Hall–Kier alpha value is -1.61. The van der Waals surface area contributed by atoms with Crippen LogP contribution < -0.4 is 0 Å². The zero-order chi connectivity index (χ0) is 9.64. The first-order valence-corrected chi connectivity index (χ1v) is 5.26. The molecular weight excluding hydrogens is 192 g/mol. The molecule has 1 N–H and O–H groups in total. The average molecular weight is 202 g/mol. The molecule has 0 aliphatic rings. The van der Waals surface area contributed by atoms with E-state index in [0.717, 1.165) is 11.0 Å². The van der Waals surface area contributed by atoms with Crippen molar-refractivity contribution in [1.82, 2.24) is 9.97 Å². The van der Waals surface area contributed by atoms with E-state index in [1.807, 2.05) is 47.2 Å². The van der Waals surface area contributed by atoms with Gasteiger partial charge in [-0.1, -0.05) is 24.3 Å². The molecule has 0 fully saturated rings. The maximum atomic E-state index is 4.06. The van der Waals surface area contributed by atoms with Gasteiger partial charge in [-0.15, -0.1) is 0 Å². The van der Waals surface area contributed by atoms with E-state index in [4.69, 9.17) is 0 Å². The normalized spacial score (nSPS) is 9.43. The molecule has 3 heteroatoms. The van der Waals surface area contributed by atoms with Crippen molar-refractivity contribution in [3.05, 3.63) is 53.5 Å². The van der Waals surface area contributed by atoms with E-state index >= 15 is 0 Å².